The Hall–Kier alpha value is -3.26. The first-order valence-electron chi connectivity index (χ1n) is 9.12. The zero-order valence-corrected chi connectivity index (χ0v) is 17.2. The molecule has 0 aliphatic heterocycles. The van der Waals surface area contributed by atoms with Gasteiger partial charge in [-0.25, -0.2) is 0 Å². The lowest BCUT2D eigenvalue weighted by Gasteiger charge is -2.21. The molecule has 3 aromatic rings. The van der Waals surface area contributed by atoms with Crippen molar-refractivity contribution in [3.8, 4) is 16.3 Å². The molecule has 150 valence electrons. The van der Waals surface area contributed by atoms with Crippen molar-refractivity contribution in [1.29, 1.82) is 0 Å². The van der Waals surface area contributed by atoms with Gasteiger partial charge in [-0.2, -0.15) is 0 Å². The second kappa shape index (κ2) is 9.29. The number of benzene rings is 2. The van der Waals surface area contributed by atoms with E-state index in [0.717, 1.165) is 5.56 Å². The van der Waals surface area contributed by atoms with Crippen LogP contribution in [0.5, 0.6) is 5.75 Å². The number of nitrogens with zero attached hydrogens (tertiary/aromatic N) is 2. The molecule has 0 fully saturated rings. The van der Waals surface area contributed by atoms with Crippen molar-refractivity contribution in [3.63, 3.8) is 0 Å². The van der Waals surface area contributed by atoms with Gasteiger partial charge in [-0.1, -0.05) is 55.5 Å². The molecular formula is C21H22N4O3S. The van der Waals surface area contributed by atoms with Crippen LogP contribution in [-0.4, -0.2) is 35.2 Å². The molecule has 29 heavy (non-hydrogen) atoms. The molecule has 0 spiro atoms. The van der Waals surface area contributed by atoms with Gasteiger partial charge in [0.25, 0.3) is 5.91 Å². The highest BCUT2D eigenvalue weighted by molar-refractivity contribution is 7.18. The summed E-state index contributed by atoms with van der Waals surface area (Å²) in [6.45, 7) is 3.74. The molecule has 2 amide bonds. The first-order chi connectivity index (χ1) is 14.0. The predicted molar refractivity (Wildman–Crippen MR) is 113 cm³/mol. The van der Waals surface area contributed by atoms with E-state index in [-0.39, 0.29) is 17.7 Å². The van der Waals surface area contributed by atoms with E-state index in [1.165, 1.54) is 11.3 Å². The number of carbonyl (C=O) groups excluding carboxylic acids is 2. The molecule has 8 heteroatoms. The maximum Gasteiger partial charge on any atom is 0.251 e. The molecule has 0 radical (unpaired) electrons. The van der Waals surface area contributed by atoms with Crippen molar-refractivity contribution < 1.29 is 14.3 Å². The van der Waals surface area contributed by atoms with Crippen LogP contribution in [0.1, 0.15) is 24.2 Å². The van der Waals surface area contributed by atoms with Gasteiger partial charge in [0.2, 0.25) is 11.0 Å². The van der Waals surface area contributed by atoms with Crippen LogP contribution in [0.3, 0.4) is 0 Å². The van der Waals surface area contributed by atoms with Crippen LogP contribution in [0.25, 0.3) is 10.6 Å². The highest BCUT2D eigenvalue weighted by atomic mass is 32.1. The molecule has 0 aliphatic carbocycles. The summed E-state index contributed by atoms with van der Waals surface area (Å²) in [7, 11) is 1.56. The molecule has 2 aromatic carbocycles. The maximum atomic E-state index is 12.8. The van der Waals surface area contributed by atoms with E-state index in [1.807, 2.05) is 44.2 Å². The van der Waals surface area contributed by atoms with Gasteiger partial charge in [0.1, 0.15) is 16.8 Å². The highest BCUT2D eigenvalue weighted by Crippen LogP contribution is 2.26. The molecule has 0 unspecified atom stereocenters. The number of methoxy groups -OCH3 is 1. The summed E-state index contributed by atoms with van der Waals surface area (Å²) in [5.41, 5.74) is 1.38. The minimum Gasteiger partial charge on any atom is -0.497 e. The zero-order valence-electron chi connectivity index (χ0n) is 16.4. The monoisotopic (exact) mass is 410 g/mol. The Morgan fingerprint density at radius 1 is 1.00 bits per heavy atom. The number of hydrogen-bond donors (Lipinski definition) is 2. The zero-order chi connectivity index (χ0) is 20.8. The number of rotatable bonds is 7. The van der Waals surface area contributed by atoms with Crippen molar-refractivity contribution >= 4 is 28.3 Å². The van der Waals surface area contributed by atoms with E-state index in [2.05, 4.69) is 20.8 Å². The number of ether oxygens (including phenoxy) is 1. The van der Waals surface area contributed by atoms with E-state index < -0.39 is 6.04 Å². The lowest BCUT2D eigenvalue weighted by Crippen LogP contribution is -2.47. The van der Waals surface area contributed by atoms with Gasteiger partial charge in [0, 0.05) is 11.1 Å². The molecule has 3 rings (SSSR count). The predicted octanol–water partition coefficient (Wildman–Crippen LogP) is 3.61. The fraction of sp³-hybridized carbons (Fsp3) is 0.238. The third-order valence-corrected chi connectivity index (χ3v) is 5.15. The Kier molecular flexibility index (Phi) is 6.56. The normalized spacial score (nSPS) is 11.7. The summed E-state index contributed by atoms with van der Waals surface area (Å²) in [6, 6.07) is 15.6. The molecule has 1 atom stereocenters. The molecule has 0 bridgehead atoms. The van der Waals surface area contributed by atoms with Gasteiger partial charge in [-0.05, 0) is 30.2 Å². The number of carbonyl (C=O) groups is 2. The van der Waals surface area contributed by atoms with Gasteiger partial charge in [0.15, 0.2) is 0 Å². The van der Waals surface area contributed by atoms with Crippen LogP contribution < -0.4 is 15.4 Å². The van der Waals surface area contributed by atoms with Crippen LogP contribution in [0.4, 0.5) is 5.13 Å². The number of amides is 2. The van der Waals surface area contributed by atoms with Gasteiger partial charge in [-0.3, -0.25) is 14.9 Å². The summed E-state index contributed by atoms with van der Waals surface area (Å²) in [5, 5.41) is 14.8. The highest BCUT2D eigenvalue weighted by Gasteiger charge is 2.25. The second-order valence-electron chi connectivity index (χ2n) is 6.69. The summed E-state index contributed by atoms with van der Waals surface area (Å²) < 4.78 is 5.10. The summed E-state index contributed by atoms with van der Waals surface area (Å²) >= 11 is 1.28. The van der Waals surface area contributed by atoms with Crippen LogP contribution >= 0.6 is 11.3 Å². The first kappa shape index (κ1) is 20.5. The summed E-state index contributed by atoms with van der Waals surface area (Å²) in [5.74, 6) is -0.120. The van der Waals surface area contributed by atoms with Gasteiger partial charge >= 0.3 is 0 Å². The van der Waals surface area contributed by atoms with E-state index in [4.69, 9.17) is 4.74 Å². The summed E-state index contributed by atoms with van der Waals surface area (Å²) in [6.07, 6.45) is 0. The van der Waals surface area contributed by atoms with Crippen LogP contribution in [0.15, 0.2) is 54.6 Å². The minimum atomic E-state index is -0.714. The Balaban J connectivity index is 1.68. The molecule has 0 saturated carbocycles. The van der Waals surface area contributed by atoms with E-state index in [1.54, 1.807) is 31.4 Å². The Morgan fingerprint density at radius 3 is 2.31 bits per heavy atom. The first-order valence-corrected chi connectivity index (χ1v) is 9.94. The quantitative estimate of drug-likeness (QED) is 0.621. The number of hydrogen-bond acceptors (Lipinski definition) is 6. The van der Waals surface area contributed by atoms with Crippen LogP contribution in [-0.2, 0) is 4.79 Å². The smallest absolute Gasteiger partial charge is 0.251 e. The molecule has 1 heterocycles. The molecule has 7 nitrogen and oxygen atoms in total. The Bertz CT molecular complexity index is 971. The van der Waals surface area contributed by atoms with Gasteiger partial charge < -0.3 is 10.1 Å². The minimum absolute atomic E-state index is 0.112. The van der Waals surface area contributed by atoms with Crippen molar-refractivity contribution in [2.45, 2.75) is 19.9 Å². The standard InChI is InChI=1S/C21H22N4O3S/c1-13(2)17(22-18(26)14-9-11-16(28-3)12-10-14)19(27)23-21-25-24-20(29-21)15-7-5-4-6-8-15/h4-13,17H,1-3H3,(H,22,26)(H,23,25,27)/t17-/m1/s1. The van der Waals surface area contributed by atoms with Crippen molar-refractivity contribution in [2.75, 3.05) is 12.4 Å². The SMILES string of the molecule is COc1ccc(C(=O)N[C@@H](C(=O)Nc2nnc(-c3ccccc3)s2)C(C)C)cc1. The number of nitrogens with one attached hydrogen (secondary N) is 2. The molecule has 1 aromatic heterocycles. The lowest BCUT2D eigenvalue weighted by molar-refractivity contribution is -0.118. The average Bonchev–Trinajstić information content (AvgIpc) is 3.20. The van der Waals surface area contributed by atoms with E-state index in [0.29, 0.717) is 21.5 Å². The number of aromatic nitrogens is 2. The van der Waals surface area contributed by atoms with Gasteiger partial charge in [0.05, 0.1) is 7.11 Å². The van der Waals surface area contributed by atoms with E-state index in [9.17, 15) is 9.59 Å². The summed E-state index contributed by atoms with van der Waals surface area (Å²) in [4.78, 5) is 25.3. The maximum absolute atomic E-state index is 12.8. The Morgan fingerprint density at radius 2 is 1.69 bits per heavy atom. The van der Waals surface area contributed by atoms with Gasteiger partial charge in [-0.15, -0.1) is 10.2 Å². The fourth-order valence-corrected chi connectivity index (χ4v) is 3.41. The average molecular weight is 410 g/mol. The molecule has 0 saturated heterocycles. The number of anilines is 1. The van der Waals surface area contributed by atoms with Crippen molar-refractivity contribution in [1.82, 2.24) is 15.5 Å². The van der Waals surface area contributed by atoms with Crippen molar-refractivity contribution in [2.24, 2.45) is 5.92 Å². The topological polar surface area (TPSA) is 93.2 Å². The van der Waals surface area contributed by atoms with Crippen LogP contribution in [0, 0.1) is 5.92 Å². The molecule has 2 N–H and O–H groups in total. The van der Waals surface area contributed by atoms with Crippen molar-refractivity contribution in [3.05, 3.63) is 60.2 Å². The fourth-order valence-electron chi connectivity index (χ4n) is 2.66. The second-order valence-corrected chi connectivity index (χ2v) is 7.67. The molecular weight excluding hydrogens is 388 g/mol. The van der Waals surface area contributed by atoms with Crippen LogP contribution in [0.2, 0.25) is 0 Å². The largest absolute Gasteiger partial charge is 0.497 e. The van der Waals surface area contributed by atoms with E-state index >= 15 is 0 Å². The lowest BCUT2D eigenvalue weighted by atomic mass is 10.0. The molecule has 0 aliphatic rings. The third kappa shape index (κ3) is 5.17. The Labute approximate surface area is 173 Å². The third-order valence-electron chi connectivity index (χ3n) is 4.26.